The van der Waals surface area contributed by atoms with Crippen molar-refractivity contribution >= 4 is 17.5 Å². The number of primary amides is 1. The highest BCUT2D eigenvalue weighted by Gasteiger charge is 2.37. The molecule has 0 saturated carbocycles. The molecule has 25 heavy (non-hydrogen) atoms. The first-order valence-corrected chi connectivity index (χ1v) is 8.91. The summed E-state index contributed by atoms with van der Waals surface area (Å²) in [5, 5.41) is 11.6. The second-order valence-corrected chi connectivity index (χ2v) is 7.12. The van der Waals surface area contributed by atoms with Gasteiger partial charge < -0.3 is 10.8 Å². The van der Waals surface area contributed by atoms with Crippen molar-refractivity contribution < 1.29 is 9.90 Å². The lowest BCUT2D eigenvalue weighted by Gasteiger charge is -2.41. The molecule has 0 bridgehead atoms. The molecule has 0 spiro atoms. The van der Waals surface area contributed by atoms with E-state index in [4.69, 9.17) is 17.3 Å². The summed E-state index contributed by atoms with van der Waals surface area (Å²) < 4.78 is 0. The molecule has 4 nitrogen and oxygen atoms in total. The van der Waals surface area contributed by atoms with Gasteiger partial charge in [-0.05, 0) is 42.5 Å². The maximum Gasteiger partial charge on any atom is 0.235 e. The third-order valence-electron chi connectivity index (χ3n) is 5.05. The molecule has 2 aromatic rings. The molecule has 5 heteroatoms. The molecule has 1 heterocycles. The first-order valence-electron chi connectivity index (χ1n) is 8.54. The van der Waals surface area contributed by atoms with E-state index in [1.54, 1.807) is 0 Å². The van der Waals surface area contributed by atoms with E-state index in [1.807, 2.05) is 54.6 Å². The van der Waals surface area contributed by atoms with Crippen LogP contribution in [0.2, 0.25) is 5.02 Å². The fourth-order valence-electron chi connectivity index (χ4n) is 3.50. The third-order valence-corrected chi connectivity index (χ3v) is 5.30. The normalized spacial score (nSPS) is 18.6. The van der Waals surface area contributed by atoms with Gasteiger partial charge in [-0.1, -0.05) is 54.1 Å². The van der Waals surface area contributed by atoms with Crippen LogP contribution in [-0.4, -0.2) is 35.0 Å². The van der Waals surface area contributed by atoms with Crippen LogP contribution in [0.15, 0.2) is 54.6 Å². The predicted molar refractivity (Wildman–Crippen MR) is 99.3 cm³/mol. The number of nitrogens with two attached hydrogens (primary N) is 1. The lowest BCUT2D eigenvalue weighted by molar-refractivity contribution is -0.125. The highest BCUT2D eigenvalue weighted by Crippen LogP contribution is 2.33. The number of likely N-dealkylation sites (tertiary alicyclic amines) is 1. The molecule has 1 saturated heterocycles. The lowest BCUT2D eigenvalue weighted by atomic mass is 9.83. The molecule has 1 atom stereocenters. The van der Waals surface area contributed by atoms with Gasteiger partial charge in [0.05, 0.1) is 11.6 Å². The molecule has 1 fully saturated rings. The highest BCUT2D eigenvalue weighted by molar-refractivity contribution is 6.30. The quantitative estimate of drug-likeness (QED) is 0.863. The highest BCUT2D eigenvalue weighted by atomic mass is 35.5. The van der Waals surface area contributed by atoms with Crippen molar-refractivity contribution in [1.29, 1.82) is 0 Å². The number of amides is 1. The van der Waals surface area contributed by atoms with Gasteiger partial charge in [-0.15, -0.1) is 0 Å². The maximum atomic E-state index is 12.0. The summed E-state index contributed by atoms with van der Waals surface area (Å²) in [6.45, 7) is 1.26. The fourth-order valence-corrected chi connectivity index (χ4v) is 3.62. The Bertz CT molecular complexity index is 710. The van der Waals surface area contributed by atoms with E-state index >= 15 is 0 Å². The molecular weight excluding hydrogens is 336 g/mol. The number of benzene rings is 2. The molecule has 0 radical (unpaired) electrons. The number of rotatable bonds is 5. The summed E-state index contributed by atoms with van der Waals surface area (Å²) in [6.07, 6.45) is 1.72. The van der Waals surface area contributed by atoms with Crippen molar-refractivity contribution in [3.8, 4) is 0 Å². The Balaban J connectivity index is 1.68. The van der Waals surface area contributed by atoms with Crippen LogP contribution >= 0.6 is 11.6 Å². The van der Waals surface area contributed by atoms with Gasteiger partial charge in [0, 0.05) is 18.1 Å². The Morgan fingerprint density at radius 3 is 2.28 bits per heavy atom. The molecular formula is C20H23ClN2O2. The molecule has 1 aliphatic heterocycles. The average Bonchev–Trinajstić information content (AvgIpc) is 2.63. The van der Waals surface area contributed by atoms with Gasteiger partial charge in [0.25, 0.3) is 0 Å². The topological polar surface area (TPSA) is 66.6 Å². The van der Waals surface area contributed by atoms with Crippen molar-refractivity contribution in [1.82, 2.24) is 4.90 Å². The Labute approximate surface area is 153 Å². The molecule has 1 amide bonds. The smallest absolute Gasteiger partial charge is 0.235 e. The van der Waals surface area contributed by atoms with Crippen molar-refractivity contribution in [2.75, 3.05) is 13.1 Å². The predicted octanol–water partition coefficient (Wildman–Crippen LogP) is 2.72. The number of nitrogens with zero attached hydrogens (tertiary/aromatic N) is 1. The SMILES string of the molecule is NC(=O)[C@@H](Cc1ccc(Cl)cc1)N1CCC(O)(c2ccccc2)CC1. The molecule has 3 N–H and O–H groups in total. The largest absolute Gasteiger partial charge is 0.385 e. The first kappa shape index (κ1) is 17.9. The Morgan fingerprint density at radius 2 is 1.72 bits per heavy atom. The van der Waals surface area contributed by atoms with Crippen LogP contribution in [0.1, 0.15) is 24.0 Å². The number of aliphatic hydroxyl groups is 1. The summed E-state index contributed by atoms with van der Waals surface area (Å²) in [6, 6.07) is 16.8. The number of hydrogen-bond donors (Lipinski definition) is 2. The summed E-state index contributed by atoms with van der Waals surface area (Å²) >= 11 is 5.92. The van der Waals surface area contributed by atoms with Crippen LogP contribution in [0.3, 0.4) is 0 Å². The van der Waals surface area contributed by atoms with E-state index in [1.165, 1.54) is 0 Å². The lowest BCUT2D eigenvalue weighted by Crippen LogP contribution is -2.52. The number of carbonyl (C=O) groups is 1. The van der Waals surface area contributed by atoms with Crippen LogP contribution in [0, 0.1) is 0 Å². The Kier molecular flexibility index (Phi) is 5.42. The minimum atomic E-state index is -0.833. The van der Waals surface area contributed by atoms with Gasteiger partial charge in [-0.2, -0.15) is 0 Å². The number of halogens is 1. The van der Waals surface area contributed by atoms with E-state index in [0.717, 1.165) is 11.1 Å². The van der Waals surface area contributed by atoms with Crippen LogP contribution in [0.5, 0.6) is 0 Å². The van der Waals surface area contributed by atoms with Gasteiger partial charge in [-0.3, -0.25) is 9.69 Å². The summed E-state index contributed by atoms with van der Waals surface area (Å²) in [4.78, 5) is 14.1. The second-order valence-electron chi connectivity index (χ2n) is 6.68. The van der Waals surface area contributed by atoms with Crippen LogP contribution in [0.4, 0.5) is 0 Å². The molecule has 3 rings (SSSR count). The maximum absolute atomic E-state index is 12.0. The number of carbonyl (C=O) groups excluding carboxylic acids is 1. The standard InChI is InChI=1S/C20H23ClN2O2/c21-17-8-6-15(7-9-17)14-18(19(22)24)23-12-10-20(25,11-13-23)16-4-2-1-3-5-16/h1-9,18,25H,10-14H2,(H2,22,24)/t18-/m1/s1. The Hall–Kier alpha value is -1.88. The van der Waals surface area contributed by atoms with Crippen molar-refractivity contribution in [2.24, 2.45) is 5.73 Å². The summed E-state index contributed by atoms with van der Waals surface area (Å²) in [5.74, 6) is -0.333. The monoisotopic (exact) mass is 358 g/mol. The molecule has 0 aromatic heterocycles. The fraction of sp³-hybridized carbons (Fsp3) is 0.350. The molecule has 2 aromatic carbocycles. The van der Waals surface area contributed by atoms with Crippen molar-refractivity contribution in [3.63, 3.8) is 0 Å². The van der Waals surface area contributed by atoms with Crippen LogP contribution in [0.25, 0.3) is 0 Å². The van der Waals surface area contributed by atoms with Crippen LogP contribution in [-0.2, 0) is 16.8 Å². The molecule has 0 aliphatic carbocycles. The van der Waals surface area contributed by atoms with E-state index < -0.39 is 5.60 Å². The van der Waals surface area contributed by atoms with Gasteiger partial charge in [0.15, 0.2) is 0 Å². The minimum absolute atomic E-state index is 0.333. The van der Waals surface area contributed by atoms with Gasteiger partial charge >= 0.3 is 0 Å². The summed E-state index contributed by atoms with van der Waals surface area (Å²) in [7, 11) is 0. The van der Waals surface area contributed by atoms with Gasteiger partial charge in [-0.25, -0.2) is 0 Å². The van der Waals surface area contributed by atoms with Crippen molar-refractivity contribution in [2.45, 2.75) is 30.9 Å². The minimum Gasteiger partial charge on any atom is -0.385 e. The van der Waals surface area contributed by atoms with Crippen molar-refractivity contribution in [3.05, 3.63) is 70.7 Å². The van der Waals surface area contributed by atoms with E-state index in [2.05, 4.69) is 4.90 Å². The zero-order valence-corrected chi connectivity index (χ0v) is 14.8. The first-order chi connectivity index (χ1) is 12.0. The molecule has 132 valence electrons. The van der Waals surface area contributed by atoms with Crippen LogP contribution < -0.4 is 5.73 Å². The zero-order valence-electron chi connectivity index (χ0n) is 14.1. The van der Waals surface area contributed by atoms with E-state index in [9.17, 15) is 9.90 Å². The zero-order chi connectivity index (χ0) is 17.9. The number of hydrogen-bond acceptors (Lipinski definition) is 3. The Morgan fingerprint density at radius 1 is 1.12 bits per heavy atom. The van der Waals surface area contributed by atoms with Gasteiger partial charge in [0.1, 0.15) is 0 Å². The molecule has 1 aliphatic rings. The van der Waals surface area contributed by atoms with E-state index in [-0.39, 0.29) is 11.9 Å². The van der Waals surface area contributed by atoms with Gasteiger partial charge in [0.2, 0.25) is 5.91 Å². The third kappa shape index (κ3) is 4.21. The van der Waals surface area contributed by atoms with E-state index in [0.29, 0.717) is 37.4 Å². The average molecular weight is 359 g/mol. The summed E-state index contributed by atoms with van der Waals surface area (Å²) in [5.41, 5.74) is 6.78. The molecule has 0 unspecified atom stereocenters. The number of piperidine rings is 1. The second kappa shape index (κ2) is 7.56.